The largest absolute Gasteiger partial charge is 0.755 e. The van der Waals surface area contributed by atoms with E-state index in [-0.39, 0.29) is 32.1 Å². The van der Waals surface area contributed by atoms with E-state index in [2.05, 4.69) is 9.71 Å². The lowest BCUT2D eigenvalue weighted by Crippen LogP contribution is -2.51. The lowest BCUT2D eigenvalue weighted by atomic mass is 9.96. The van der Waals surface area contributed by atoms with Crippen LogP contribution in [0, 0.1) is 0 Å². The van der Waals surface area contributed by atoms with E-state index in [0.29, 0.717) is 29.7 Å². The first-order chi connectivity index (χ1) is 14.6. The molecule has 3 rings (SSSR count). The summed E-state index contributed by atoms with van der Waals surface area (Å²) < 4.78 is 63.5. The number of alkyl halides is 3. The van der Waals surface area contributed by atoms with Gasteiger partial charge in [-0.2, -0.15) is 13.2 Å². The normalized spacial score (nSPS) is 18.5. The van der Waals surface area contributed by atoms with Gasteiger partial charge in [0, 0.05) is 61.1 Å². The smallest absolute Gasteiger partial charge is 0.417 e. The average Bonchev–Trinajstić information content (AvgIpc) is 2.73. The monoisotopic (exact) mass is 457 g/mol. The molecule has 1 aliphatic heterocycles. The number of carbonyl (C=O) groups is 2. The van der Waals surface area contributed by atoms with E-state index in [1.165, 1.54) is 4.90 Å². The van der Waals surface area contributed by atoms with Crippen LogP contribution in [0.3, 0.4) is 0 Å². The minimum absolute atomic E-state index is 0.0981. The van der Waals surface area contributed by atoms with Crippen LogP contribution in [-0.2, 0) is 22.2 Å². The Hall–Kier alpha value is -2.73. The van der Waals surface area contributed by atoms with Crippen LogP contribution in [0.15, 0.2) is 41.4 Å². The van der Waals surface area contributed by atoms with Gasteiger partial charge in [-0.05, 0) is 37.5 Å². The molecule has 12 heteroatoms. The molecule has 1 aliphatic carbocycles. The van der Waals surface area contributed by atoms with E-state index < -0.39 is 34.5 Å². The second kappa shape index (κ2) is 9.18. The van der Waals surface area contributed by atoms with Gasteiger partial charge in [0.1, 0.15) is 0 Å². The zero-order valence-electron chi connectivity index (χ0n) is 16.6. The van der Waals surface area contributed by atoms with Crippen LogP contribution in [-0.4, -0.2) is 61.5 Å². The number of piperazine rings is 1. The zero-order chi connectivity index (χ0) is 22.8. The van der Waals surface area contributed by atoms with Crippen molar-refractivity contribution in [2.24, 2.45) is 0 Å². The fourth-order valence-electron chi connectivity index (χ4n) is 3.58. The highest BCUT2D eigenvalue weighted by Crippen LogP contribution is 2.32. The molecule has 2 amide bonds. The summed E-state index contributed by atoms with van der Waals surface area (Å²) in [6, 6.07) is 0.768. The van der Waals surface area contributed by atoms with E-state index in [1.807, 2.05) is 0 Å². The molecular formula is C19H20F3N4O4S-. The molecule has 2 heterocycles. The number of amides is 2. The van der Waals surface area contributed by atoms with Crippen molar-refractivity contribution in [1.29, 1.82) is 0 Å². The number of carbonyl (C=O) groups excluding carboxylic acids is 2. The maximum Gasteiger partial charge on any atom is 0.417 e. The maximum absolute atomic E-state index is 13.2. The van der Waals surface area contributed by atoms with E-state index in [9.17, 15) is 31.5 Å². The summed E-state index contributed by atoms with van der Waals surface area (Å²) in [6.07, 6.45) is -0.414. The molecule has 0 aromatic carbocycles. The molecule has 2 aliphatic rings. The minimum Gasteiger partial charge on any atom is -0.755 e. The third-order valence-electron chi connectivity index (χ3n) is 5.20. The van der Waals surface area contributed by atoms with Crippen molar-refractivity contribution in [2.45, 2.75) is 25.9 Å². The maximum atomic E-state index is 13.2. The molecule has 1 saturated heterocycles. The molecule has 1 aromatic heterocycles. The zero-order valence-corrected chi connectivity index (χ0v) is 17.4. The van der Waals surface area contributed by atoms with Gasteiger partial charge in [0.2, 0.25) is 5.91 Å². The Balaban J connectivity index is 1.65. The van der Waals surface area contributed by atoms with E-state index in [4.69, 9.17) is 0 Å². The number of nitrogens with one attached hydrogen (secondary N) is 1. The summed E-state index contributed by atoms with van der Waals surface area (Å²) in [5.74, 6) is -1.00. The molecule has 1 atom stereocenters. The standard InChI is InChI=1S/C19H21F3N4O4S/c1-12-10-13(2-3-16(12)24-31(29)30)17(27)25-6-8-26(9-7-25)18(28)14-11-23-5-4-15(14)19(20,21)22/h4-5,10-11,24H,2-3,6-9H2,1H3,(H,29,30)/p-1. The second-order valence-electron chi connectivity index (χ2n) is 7.17. The number of rotatable bonds is 4. The third-order valence-corrected chi connectivity index (χ3v) is 5.62. The molecule has 1 N–H and O–H groups in total. The number of aromatic nitrogens is 1. The van der Waals surface area contributed by atoms with Gasteiger partial charge in [0.15, 0.2) is 0 Å². The van der Waals surface area contributed by atoms with Crippen LogP contribution < -0.4 is 4.72 Å². The lowest BCUT2D eigenvalue weighted by molar-refractivity contribution is -0.138. The second-order valence-corrected chi connectivity index (χ2v) is 7.84. The highest BCUT2D eigenvalue weighted by atomic mass is 32.2. The number of hydrogen-bond donors (Lipinski definition) is 1. The van der Waals surface area contributed by atoms with Crippen molar-refractivity contribution in [1.82, 2.24) is 19.5 Å². The van der Waals surface area contributed by atoms with E-state index in [0.717, 1.165) is 18.5 Å². The quantitative estimate of drug-likeness (QED) is 0.694. The predicted molar refractivity (Wildman–Crippen MR) is 104 cm³/mol. The van der Waals surface area contributed by atoms with Gasteiger partial charge < -0.3 is 19.1 Å². The van der Waals surface area contributed by atoms with E-state index in [1.54, 1.807) is 17.9 Å². The predicted octanol–water partition coefficient (Wildman–Crippen LogP) is 1.76. The van der Waals surface area contributed by atoms with Crippen LogP contribution in [0.25, 0.3) is 0 Å². The number of pyridine rings is 1. The molecule has 0 spiro atoms. The van der Waals surface area contributed by atoms with Crippen LogP contribution in [0.5, 0.6) is 0 Å². The number of allylic oxidation sites excluding steroid dienone is 3. The van der Waals surface area contributed by atoms with Crippen molar-refractivity contribution in [3.8, 4) is 0 Å². The topological polar surface area (TPSA) is 106 Å². The van der Waals surface area contributed by atoms with Crippen molar-refractivity contribution in [2.75, 3.05) is 26.2 Å². The van der Waals surface area contributed by atoms with Crippen LogP contribution in [0.2, 0.25) is 0 Å². The molecule has 1 unspecified atom stereocenters. The fourth-order valence-corrected chi connectivity index (χ4v) is 4.04. The molecular weight excluding hydrogens is 437 g/mol. The first-order valence-corrected chi connectivity index (χ1v) is 10.5. The molecule has 0 radical (unpaired) electrons. The number of nitrogens with zero attached hydrogens (tertiary/aromatic N) is 3. The molecule has 168 valence electrons. The molecule has 31 heavy (non-hydrogen) atoms. The Morgan fingerprint density at radius 2 is 1.74 bits per heavy atom. The van der Waals surface area contributed by atoms with Crippen molar-refractivity contribution >= 4 is 23.1 Å². The van der Waals surface area contributed by atoms with Crippen molar-refractivity contribution in [3.05, 3.63) is 52.5 Å². The van der Waals surface area contributed by atoms with E-state index >= 15 is 0 Å². The summed E-state index contributed by atoms with van der Waals surface area (Å²) in [7, 11) is 0. The molecule has 8 nitrogen and oxygen atoms in total. The Labute approximate surface area is 179 Å². The van der Waals surface area contributed by atoms with Crippen LogP contribution in [0.4, 0.5) is 13.2 Å². The highest BCUT2D eigenvalue weighted by molar-refractivity contribution is 7.77. The first kappa shape index (κ1) is 22.9. The van der Waals surface area contributed by atoms with Gasteiger partial charge >= 0.3 is 6.18 Å². The van der Waals surface area contributed by atoms with Crippen molar-refractivity contribution in [3.63, 3.8) is 0 Å². The summed E-state index contributed by atoms with van der Waals surface area (Å²) in [5, 5.41) is 0. The van der Waals surface area contributed by atoms with Gasteiger partial charge in [0.25, 0.3) is 5.91 Å². The SMILES string of the molecule is CC1=C(NS(=O)[O-])CCC(C(=O)N2CCN(C(=O)c3cnccc3C(F)(F)F)CC2)=C1. The van der Waals surface area contributed by atoms with Gasteiger partial charge in [-0.25, -0.2) is 0 Å². The molecule has 1 fully saturated rings. The molecule has 0 saturated carbocycles. The summed E-state index contributed by atoms with van der Waals surface area (Å²) >= 11 is -2.44. The third kappa shape index (κ3) is 5.31. The highest BCUT2D eigenvalue weighted by Gasteiger charge is 2.37. The van der Waals surface area contributed by atoms with Gasteiger partial charge in [0.05, 0.1) is 11.1 Å². The Morgan fingerprint density at radius 1 is 1.13 bits per heavy atom. The van der Waals surface area contributed by atoms with Gasteiger partial charge in [-0.3, -0.25) is 18.8 Å². The average molecular weight is 457 g/mol. The lowest BCUT2D eigenvalue weighted by Gasteiger charge is -2.36. The Bertz CT molecular complexity index is 969. The van der Waals surface area contributed by atoms with Gasteiger partial charge in [-0.1, -0.05) is 0 Å². The van der Waals surface area contributed by atoms with Gasteiger partial charge in [-0.15, -0.1) is 0 Å². The fraction of sp³-hybridized carbons (Fsp3) is 0.421. The Kier molecular flexibility index (Phi) is 6.80. The summed E-state index contributed by atoms with van der Waals surface area (Å²) in [5.41, 5.74) is 0.137. The molecule has 0 bridgehead atoms. The first-order valence-electron chi connectivity index (χ1n) is 9.44. The van der Waals surface area contributed by atoms with Crippen LogP contribution >= 0.6 is 0 Å². The molecule has 1 aromatic rings. The summed E-state index contributed by atoms with van der Waals surface area (Å²) in [4.78, 5) is 31.9. The Morgan fingerprint density at radius 3 is 2.29 bits per heavy atom. The number of halogens is 3. The summed E-state index contributed by atoms with van der Waals surface area (Å²) in [6.45, 7) is 2.26. The van der Waals surface area contributed by atoms with Crippen molar-refractivity contribution < 1.29 is 31.5 Å². The minimum atomic E-state index is -4.67. The van der Waals surface area contributed by atoms with Crippen LogP contribution in [0.1, 0.15) is 35.7 Å². The number of hydrogen-bond acceptors (Lipinski definition) is 5.